The summed E-state index contributed by atoms with van der Waals surface area (Å²) in [6.07, 6.45) is 2.61. The molecule has 0 aliphatic heterocycles. The van der Waals surface area contributed by atoms with Gasteiger partial charge in [-0.05, 0) is 37.1 Å². The SMILES string of the molecule is CCC1(CC)C(O)CC1Oc1ccc(Br)cc1. The van der Waals surface area contributed by atoms with E-state index in [9.17, 15) is 5.11 Å². The van der Waals surface area contributed by atoms with Crippen molar-refractivity contribution in [3.63, 3.8) is 0 Å². The Bertz CT molecular complexity index is 370. The van der Waals surface area contributed by atoms with E-state index >= 15 is 0 Å². The van der Waals surface area contributed by atoms with Crippen molar-refractivity contribution in [2.75, 3.05) is 0 Å². The lowest BCUT2D eigenvalue weighted by atomic mass is 9.60. The normalized spacial score (nSPS) is 26.4. The molecule has 0 heterocycles. The van der Waals surface area contributed by atoms with Crippen molar-refractivity contribution in [2.24, 2.45) is 5.41 Å². The molecule has 1 N–H and O–H groups in total. The molecule has 2 rings (SSSR count). The van der Waals surface area contributed by atoms with Crippen LogP contribution in [0.2, 0.25) is 0 Å². The Balaban J connectivity index is 2.07. The number of ether oxygens (including phenoxy) is 1. The highest BCUT2D eigenvalue weighted by molar-refractivity contribution is 9.10. The minimum atomic E-state index is -0.210. The lowest BCUT2D eigenvalue weighted by Crippen LogP contribution is -2.59. The molecule has 1 aromatic carbocycles. The molecule has 1 fully saturated rings. The summed E-state index contributed by atoms with van der Waals surface area (Å²) in [5.41, 5.74) is -0.0485. The molecule has 0 bridgehead atoms. The maximum absolute atomic E-state index is 9.96. The predicted molar refractivity (Wildman–Crippen MR) is 72.2 cm³/mol. The number of rotatable bonds is 4. The summed E-state index contributed by atoms with van der Waals surface area (Å²) in [4.78, 5) is 0. The fourth-order valence-electron chi connectivity index (χ4n) is 2.75. The molecule has 94 valence electrons. The molecule has 1 aromatic rings. The molecule has 1 saturated carbocycles. The zero-order valence-electron chi connectivity index (χ0n) is 10.3. The highest BCUT2D eigenvalue weighted by atomic mass is 79.9. The van der Waals surface area contributed by atoms with E-state index in [1.54, 1.807) is 0 Å². The summed E-state index contributed by atoms with van der Waals surface area (Å²) in [6, 6.07) is 7.88. The van der Waals surface area contributed by atoms with Crippen LogP contribution in [0.4, 0.5) is 0 Å². The predicted octanol–water partition coefficient (Wildman–Crippen LogP) is 3.77. The molecular weight excluding hydrogens is 280 g/mol. The minimum Gasteiger partial charge on any atom is -0.490 e. The summed E-state index contributed by atoms with van der Waals surface area (Å²) in [7, 11) is 0. The Hall–Kier alpha value is -0.540. The zero-order chi connectivity index (χ0) is 12.5. The lowest BCUT2D eigenvalue weighted by Gasteiger charge is -2.52. The summed E-state index contributed by atoms with van der Waals surface area (Å²) in [5.74, 6) is 0.886. The molecule has 0 saturated heterocycles. The number of aliphatic hydroxyl groups excluding tert-OH is 1. The Kier molecular flexibility index (Phi) is 3.79. The molecule has 1 aliphatic carbocycles. The number of halogens is 1. The van der Waals surface area contributed by atoms with Gasteiger partial charge in [0.15, 0.2) is 0 Å². The molecule has 2 unspecified atom stereocenters. The molecule has 1 aliphatic rings. The van der Waals surface area contributed by atoms with Gasteiger partial charge >= 0.3 is 0 Å². The van der Waals surface area contributed by atoms with Gasteiger partial charge in [-0.25, -0.2) is 0 Å². The Morgan fingerprint density at radius 3 is 2.35 bits per heavy atom. The third-order valence-electron chi connectivity index (χ3n) is 4.15. The Morgan fingerprint density at radius 1 is 1.29 bits per heavy atom. The van der Waals surface area contributed by atoms with E-state index < -0.39 is 0 Å². The smallest absolute Gasteiger partial charge is 0.119 e. The maximum atomic E-state index is 9.96. The van der Waals surface area contributed by atoms with Gasteiger partial charge in [0.05, 0.1) is 6.10 Å². The van der Waals surface area contributed by atoms with Crippen molar-refractivity contribution in [3.8, 4) is 5.75 Å². The second kappa shape index (κ2) is 4.99. The van der Waals surface area contributed by atoms with Crippen LogP contribution in [0.3, 0.4) is 0 Å². The van der Waals surface area contributed by atoms with E-state index in [1.807, 2.05) is 24.3 Å². The van der Waals surface area contributed by atoms with E-state index in [2.05, 4.69) is 29.8 Å². The van der Waals surface area contributed by atoms with Crippen molar-refractivity contribution in [1.82, 2.24) is 0 Å². The summed E-state index contributed by atoms with van der Waals surface area (Å²) >= 11 is 3.41. The van der Waals surface area contributed by atoms with Gasteiger partial charge in [-0.15, -0.1) is 0 Å². The average Bonchev–Trinajstić information content (AvgIpc) is 2.33. The van der Waals surface area contributed by atoms with Crippen LogP contribution in [0.5, 0.6) is 5.75 Å². The monoisotopic (exact) mass is 298 g/mol. The van der Waals surface area contributed by atoms with Gasteiger partial charge < -0.3 is 9.84 Å². The molecule has 0 amide bonds. The van der Waals surface area contributed by atoms with Gasteiger partial charge in [0.1, 0.15) is 11.9 Å². The zero-order valence-corrected chi connectivity index (χ0v) is 11.9. The number of benzene rings is 1. The van der Waals surface area contributed by atoms with E-state index in [0.29, 0.717) is 0 Å². The largest absolute Gasteiger partial charge is 0.490 e. The van der Waals surface area contributed by atoms with Gasteiger partial charge in [0, 0.05) is 16.3 Å². The standard InChI is InChI=1S/C14H19BrO2/c1-3-14(4-2)12(16)9-13(14)17-11-7-5-10(15)6-8-11/h5-8,12-13,16H,3-4,9H2,1-2H3. The topological polar surface area (TPSA) is 29.5 Å². The second-order valence-electron chi connectivity index (χ2n) is 4.75. The third kappa shape index (κ3) is 2.23. The highest BCUT2D eigenvalue weighted by Crippen LogP contribution is 2.48. The van der Waals surface area contributed by atoms with Crippen molar-refractivity contribution in [2.45, 2.75) is 45.3 Å². The van der Waals surface area contributed by atoms with Crippen LogP contribution in [0.25, 0.3) is 0 Å². The van der Waals surface area contributed by atoms with Gasteiger partial charge in [-0.1, -0.05) is 29.8 Å². The van der Waals surface area contributed by atoms with E-state index in [0.717, 1.165) is 29.5 Å². The quantitative estimate of drug-likeness (QED) is 0.917. The molecule has 2 atom stereocenters. The first-order chi connectivity index (χ1) is 8.12. The highest BCUT2D eigenvalue weighted by Gasteiger charge is 2.53. The van der Waals surface area contributed by atoms with E-state index in [4.69, 9.17) is 4.74 Å². The van der Waals surface area contributed by atoms with Gasteiger partial charge in [0.25, 0.3) is 0 Å². The van der Waals surface area contributed by atoms with E-state index in [1.165, 1.54) is 0 Å². The molecule has 0 spiro atoms. The fraction of sp³-hybridized carbons (Fsp3) is 0.571. The molecule has 0 radical (unpaired) electrons. The van der Waals surface area contributed by atoms with Crippen LogP contribution in [0.1, 0.15) is 33.1 Å². The van der Waals surface area contributed by atoms with Crippen molar-refractivity contribution in [1.29, 1.82) is 0 Å². The van der Waals surface area contributed by atoms with Crippen LogP contribution in [-0.2, 0) is 0 Å². The van der Waals surface area contributed by atoms with E-state index in [-0.39, 0.29) is 17.6 Å². The van der Waals surface area contributed by atoms with Crippen LogP contribution in [-0.4, -0.2) is 17.3 Å². The molecule has 2 nitrogen and oxygen atoms in total. The first-order valence-corrected chi connectivity index (χ1v) is 7.02. The van der Waals surface area contributed by atoms with Gasteiger partial charge in [-0.2, -0.15) is 0 Å². The summed E-state index contributed by atoms with van der Waals surface area (Å²) < 4.78 is 7.04. The lowest BCUT2D eigenvalue weighted by molar-refractivity contribution is -0.159. The number of hydrogen-bond donors (Lipinski definition) is 1. The number of aliphatic hydroxyl groups is 1. The fourth-order valence-corrected chi connectivity index (χ4v) is 3.01. The minimum absolute atomic E-state index is 0.0485. The van der Waals surface area contributed by atoms with Crippen molar-refractivity contribution >= 4 is 15.9 Å². The average molecular weight is 299 g/mol. The molecular formula is C14H19BrO2. The second-order valence-corrected chi connectivity index (χ2v) is 5.67. The molecule has 3 heteroatoms. The maximum Gasteiger partial charge on any atom is 0.119 e. The van der Waals surface area contributed by atoms with Crippen LogP contribution >= 0.6 is 15.9 Å². The van der Waals surface area contributed by atoms with Gasteiger partial charge in [0.2, 0.25) is 0 Å². The first kappa shape index (κ1) is 12.9. The molecule has 17 heavy (non-hydrogen) atoms. The third-order valence-corrected chi connectivity index (χ3v) is 4.68. The number of hydrogen-bond acceptors (Lipinski definition) is 2. The summed E-state index contributed by atoms with van der Waals surface area (Å²) in [6.45, 7) is 4.26. The van der Waals surface area contributed by atoms with Crippen LogP contribution in [0.15, 0.2) is 28.7 Å². The summed E-state index contributed by atoms with van der Waals surface area (Å²) in [5, 5.41) is 9.96. The van der Waals surface area contributed by atoms with Gasteiger partial charge in [-0.3, -0.25) is 0 Å². The van der Waals surface area contributed by atoms with Crippen molar-refractivity contribution in [3.05, 3.63) is 28.7 Å². The Morgan fingerprint density at radius 2 is 1.88 bits per heavy atom. The molecule has 0 aromatic heterocycles. The van der Waals surface area contributed by atoms with Crippen LogP contribution < -0.4 is 4.74 Å². The Labute approximate surface area is 111 Å². The first-order valence-electron chi connectivity index (χ1n) is 6.22. The van der Waals surface area contributed by atoms with Crippen molar-refractivity contribution < 1.29 is 9.84 Å². The van der Waals surface area contributed by atoms with Crippen LogP contribution in [0, 0.1) is 5.41 Å².